The first-order chi connectivity index (χ1) is 13.3. The maximum atomic E-state index is 14.8. The fourth-order valence-electron chi connectivity index (χ4n) is 5.48. The van der Waals surface area contributed by atoms with Gasteiger partial charge in [0.05, 0.1) is 0 Å². The van der Waals surface area contributed by atoms with Crippen LogP contribution in [0.2, 0.25) is 0 Å². The molecular weight excluding hydrogens is 364 g/mol. The van der Waals surface area contributed by atoms with Gasteiger partial charge >= 0.3 is 0 Å². The molecule has 2 aliphatic rings. The van der Waals surface area contributed by atoms with Crippen LogP contribution in [0.4, 0.5) is 17.6 Å². The van der Waals surface area contributed by atoms with E-state index in [4.69, 9.17) is 0 Å². The van der Waals surface area contributed by atoms with Gasteiger partial charge in [0.15, 0.2) is 11.6 Å². The van der Waals surface area contributed by atoms with Gasteiger partial charge in [-0.05, 0) is 85.8 Å². The summed E-state index contributed by atoms with van der Waals surface area (Å²) in [5, 5.41) is 0.912. The molecule has 4 rings (SSSR count). The monoisotopic (exact) mass is 392 g/mol. The average Bonchev–Trinajstić information content (AvgIpc) is 2.68. The highest BCUT2D eigenvalue weighted by Crippen LogP contribution is 2.48. The first-order valence-electron chi connectivity index (χ1n) is 10.5. The Morgan fingerprint density at radius 2 is 1.75 bits per heavy atom. The van der Waals surface area contributed by atoms with Crippen molar-refractivity contribution in [3.63, 3.8) is 0 Å². The van der Waals surface area contributed by atoms with E-state index in [0.717, 1.165) is 24.8 Å². The van der Waals surface area contributed by atoms with Gasteiger partial charge in [-0.15, -0.1) is 0 Å². The quantitative estimate of drug-likeness (QED) is 0.488. The second kappa shape index (κ2) is 7.68. The van der Waals surface area contributed by atoms with Crippen LogP contribution < -0.4 is 0 Å². The Balaban J connectivity index is 1.51. The second-order valence-corrected chi connectivity index (χ2v) is 9.15. The van der Waals surface area contributed by atoms with Crippen molar-refractivity contribution in [2.45, 2.75) is 64.7 Å². The molecule has 0 aromatic heterocycles. The topological polar surface area (TPSA) is 0 Å². The summed E-state index contributed by atoms with van der Waals surface area (Å²) in [6, 6.07) is 6.93. The largest absolute Gasteiger partial charge is 0.244 e. The third kappa shape index (κ3) is 3.55. The van der Waals surface area contributed by atoms with Gasteiger partial charge in [-0.2, -0.15) is 0 Å². The molecule has 0 aliphatic heterocycles. The van der Waals surface area contributed by atoms with Crippen molar-refractivity contribution in [3.05, 3.63) is 47.0 Å². The molecule has 2 aliphatic carbocycles. The number of benzene rings is 2. The van der Waals surface area contributed by atoms with Gasteiger partial charge in [-0.3, -0.25) is 0 Å². The van der Waals surface area contributed by atoms with Gasteiger partial charge in [0.25, 0.3) is 0 Å². The van der Waals surface area contributed by atoms with E-state index < -0.39 is 29.9 Å². The minimum absolute atomic E-state index is 0.173. The molecule has 0 N–H and O–H groups in total. The normalized spacial score (nSPS) is 33.1. The Kier molecular flexibility index (Phi) is 5.41. The second-order valence-electron chi connectivity index (χ2n) is 9.15. The molecular formula is C24H28F4. The lowest BCUT2D eigenvalue weighted by atomic mass is 9.63. The number of fused-ring (bicyclic) bond motifs is 2. The van der Waals surface area contributed by atoms with Crippen LogP contribution in [0.3, 0.4) is 0 Å². The average molecular weight is 392 g/mol. The molecule has 6 atom stereocenters. The smallest absolute Gasteiger partial charge is 0.166 e. The molecule has 0 saturated heterocycles. The van der Waals surface area contributed by atoms with Crippen molar-refractivity contribution in [1.82, 2.24) is 0 Å². The zero-order valence-corrected chi connectivity index (χ0v) is 16.5. The Morgan fingerprint density at radius 3 is 2.54 bits per heavy atom. The molecule has 0 amide bonds. The number of rotatable bonds is 3. The lowest BCUT2D eigenvalue weighted by Crippen LogP contribution is -2.45. The van der Waals surface area contributed by atoms with E-state index in [1.54, 1.807) is 18.2 Å². The van der Waals surface area contributed by atoms with Crippen molar-refractivity contribution in [1.29, 1.82) is 0 Å². The molecule has 4 heteroatoms. The van der Waals surface area contributed by atoms with Crippen LogP contribution in [0.1, 0.15) is 50.2 Å². The van der Waals surface area contributed by atoms with Gasteiger partial charge in [-0.25, -0.2) is 17.6 Å². The predicted molar refractivity (Wildman–Crippen MR) is 105 cm³/mol. The van der Waals surface area contributed by atoms with Crippen molar-refractivity contribution >= 4 is 10.8 Å². The molecule has 0 nitrogen and oxygen atoms in total. The molecule has 0 bridgehead atoms. The molecule has 0 radical (unpaired) electrons. The van der Waals surface area contributed by atoms with Crippen molar-refractivity contribution in [3.8, 4) is 0 Å². The van der Waals surface area contributed by atoms with Crippen LogP contribution in [0, 0.1) is 42.2 Å². The predicted octanol–water partition coefficient (Wildman–Crippen LogP) is 7.11. The standard InChI is InChI=1S/C24H28F4/c1-13-3-5-15-11-17(21(25)23(27)19(15)9-13)7-8-18-12-16-6-4-14(2)10-20(16)24(28)22(18)26/h3,5,9,11,14,16,18,20,22,24H,4,6-8,10,12H2,1-2H3/t14-,16-,18?,20-,22?,24?/m1/s1. The van der Waals surface area contributed by atoms with E-state index in [1.807, 2.05) is 13.0 Å². The lowest BCUT2D eigenvalue weighted by Gasteiger charge is -2.45. The number of hydrogen-bond acceptors (Lipinski definition) is 0. The maximum Gasteiger partial charge on any atom is 0.166 e. The van der Waals surface area contributed by atoms with E-state index >= 15 is 0 Å². The van der Waals surface area contributed by atoms with Crippen LogP contribution in [-0.4, -0.2) is 12.3 Å². The van der Waals surface area contributed by atoms with Gasteiger partial charge in [-0.1, -0.05) is 31.0 Å². The van der Waals surface area contributed by atoms with Crippen LogP contribution in [0.5, 0.6) is 0 Å². The fourth-order valence-corrected chi connectivity index (χ4v) is 5.48. The molecule has 2 fully saturated rings. The maximum absolute atomic E-state index is 14.8. The molecule has 2 aromatic carbocycles. The number of hydrogen-bond donors (Lipinski definition) is 0. The molecule has 0 spiro atoms. The van der Waals surface area contributed by atoms with E-state index in [1.165, 1.54) is 0 Å². The summed E-state index contributed by atoms with van der Waals surface area (Å²) >= 11 is 0. The van der Waals surface area contributed by atoms with E-state index in [2.05, 4.69) is 6.92 Å². The third-order valence-corrected chi connectivity index (χ3v) is 7.11. The van der Waals surface area contributed by atoms with Crippen molar-refractivity contribution in [2.24, 2.45) is 23.7 Å². The summed E-state index contributed by atoms with van der Waals surface area (Å²) in [7, 11) is 0. The number of alkyl halides is 2. The molecule has 2 saturated carbocycles. The lowest BCUT2D eigenvalue weighted by molar-refractivity contribution is -0.0412. The Hall–Kier alpha value is -1.58. The van der Waals surface area contributed by atoms with E-state index in [9.17, 15) is 17.6 Å². The molecule has 152 valence electrons. The van der Waals surface area contributed by atoms with Gasteiger partial charge in [0.2, 0.25) is 0 Å². The molecule has 3 unspecified atom stereocenters. The Bertz CT molecular complexity index is 859. The van der Waals surface area contributed by atoms with Gasteiger partial charge in [0, 0.05) is 5.39 Å². The summed E-state index contributed by atoms with van der Waals surface area (Å²) in [4.78, 5) is 0. The minimum atomic E-state index is -1.50. The van der Waals surface area contributed by atoms with Crippen molar-refractivity contribution in [2.75, 3.05) is 0 Å². The summed E-state index contributed by atoms with van der Waals surface area (Å²) in [6.07, 6.45) is 1.12. The van der Waals surface area contributed by atoms with E-state index in [0.29, 0.717) is 24.1 Å². The van der Waals surface area contributed by atoms with E-state index in [-0.39, 0.29) is 29.2 Å². The van der Waals surface area contributed by atoms with Gasteiger partial charge < -0.3 is 0 Å². The molecule has 28 heavy (non-hydrogen) atoms. The summed E-state index contributed by atoms with van der Waals surface area (Å²) in [5.41, 5.74) is 1.13. The molecule has 2 aromatic rings. The number of halogens is 4. The first-order valence-corrected chi connectivity index (χ1v) is 10.5. The van der Waals surface area contributed by atoms with Crippen LogP contribution in [0.25, 0.3) is 10.8 Å². The summed E-state index contributed by atoms with van der Waals surface area (Å²) in [5.74, 6) is -1.60. The highest BCUT2D eigenvalue weighted by Gasteiger charge is 2.46. The Labute approximate surface area is 164 Å². The van der Waals surface area contributed by atoms with Crippen LogP contribution >= 0.6 is 0 Å². The number of aryl methyl sites for hydroxylation is 2. The third-order valence-electron chi connectivity index (χ3n) is 7.11. The SMILES string of the molecule is Cc1ccc2cc(CCC3C[C@H]4CC[C@@H](C)C[C@H]4C(F)C3F)c(F)c(F)c2c1. The zero-order chi connectivity index (χ0) is 20.0. The first kappa shape index (κ1) is 19.7. The van der Waals surface area contributed by atoms with Crippen molar-refractivity contribution < 1.29 is 17.6 Å². The highest BCUT2D eigenvalue weighted by atomic mass is 19.2. The van der Waals surface area contributed by atoms with Crippen LogP contribution in [0.15, 0.2) is 24.3 Å². The minimum Gasteiger partial charge on any atom is -0.244 e. The van der Waals surface area contributed by atoms with Gasteiger partial charge in [0.1, 0.15) is 12.3 Å². The highest BCUT2D eigenvalue weighted by molar-refractivity contribution is 5.84. The summed E-state index contributed by atoms with van der Waals surface area (Å²) in [6.45, 7) is 3.95. The Morgan fingerprint density at radius 1 is 0.964 bits per heavy atom. The summed E-state index contributed by atoms with van der Waals surface area (Å²) < 4.78 is 58.6. The molecule has 0 heterocycles. The van der Waals surface area contributed by atoms with Crippen LogP contribution in [-0.2, 0) is 6.42 Å². The fraction of sp³-hybridized carbons (Fsp3) is 0.583. The zero-order valence-electron chi connectivity index (χ0n) is 16.5.